The van der Waals surface area contributed by atoms with Gasteiger partial charge in [0.25, 0.3) is 0 Å². The summed E-state index contributed by atoms with van der Waals surface area (Å²) in [5.74, 6) is 0. The van der Waals surface area contributed by atoms with Gasteiger partial charge < -0.3 is 0 Å². The third-order valence-corrected chi connectivity index (χ3v) is 7.10. The van der Waals surface area contributed by atoms with Gasteiger partial charge in [-0.3, -0.25) is 9.05 Å². The molecule has 0 aromatic rings. The maximum absolute atomic E-state index is 12.2. The molecule has 0 saturated carbocycles. The van der Waals surface area contributed by atoms with Gasteiger partial charge in [-0.05, 0) is 17.4 Å². The Hall–Kier alpha value is 0.210. The van der Waals surface area contributed by atoms with Gasteiger partial charge in [0.2, 0.25) is 0 Å². The summed E-state index contributed by atoms with van der Waals surface area (Å²) in [6, 6.07) is 0. The summed E-state index contributed by atoms with van der Waals surface area (Å²) in [6.45, 7) is 4.78. The van der Waals surface area contributed by atoms with Crippen molar-refractivity contribution in [1.29, 1.82) is 0 Å². The van der Waals surface area contributed by atoms with Gasteiger partial charge in [-0.2, -0.15) is 4.89 Å². The summed E-state index contributed by atoms with van der Waals surface area (Å²) < 4.78 is 33.8. The van der Waals surface area contributed by atoms with Crippen molar-refractivity contribution in [1.82, 2.24) is 0 Å². The summed E-state index contributed by atoms with van der Waals surface area (Å²) in [5.41, 5.74) is 0. The van der Waals surface area contributed by atoms with Crippen molar-refractivity contribution >= 4 is 15.0 Å². The van der Waals surface area contributed by atoms with E-state index in [1.54, 1.807) is 0 Å². The molecule has 0 aliphatic rings. The third-order valence-electron chi connectivity index (χ3n) is 3.71. The Morgan fingerprint density at radius 1 is 0.739 bits per heavy atom. The molecular weight excluding hydrogens is 334 g/mol. The smallest absolute Gasteiger partial charge is 0.269 e. The second-order valence-corrected chi connectivity index (χ2v) is 10.4. The van der Waals surface area contributed by atoms with Crippen LogP contribution in [0, 0.1) is 0 Å². The molecule has 0 rings (SSSR count). The van der Waals surface area contributed by atoms with Crippen molar-refractivity contribution in [2.45, 2.75) is 90.9 Å². The molecule has 0 aliphatic heterocycles. The summed E-state index contributed by atoms with van der Waals surface area (Å²) in [7, 11) is -6.79. The van der Waals surface area contributed by atoms with Crippen LogP contribution < -0.4 is 0 Å². The second-order valence-electron chi connectivity index (χ2n) is 5.92. The van der Waals surface area contributed by atoms with Crippen molar-refractivity contribution in [2.24, 2.45) is 0 Å². The van der Waals surface area contributed by atoms with E-state index in [1.165, 1.54) is 38.5 Å². The zero-order valence-corrected chi connectivity index (χ0v) is 16.7. The topological polar surface area (TPSA) is 72.8 Å². The van der Waals surface area contributed by atoms with Crippen LogP contribution in [-0.2, 0) is 18.2 Å². The van der Waals surface area contributed by atoms with Crippen molar-refractivity contribution in [3.05, 3.63) is 0 Å². The Balaban J connectivity index is 3.79. The molecule has 1 unspecified atom stereocenters. The van der Waals surface area contributed by atoms with Gasteiger partial charge in [0, 0.05) is 0 Å². The van der Waals surface area contributed by atoms with Gasteiger partial charge in [0.15, 0.2) is 0 Å². The normalized spacial score (nSPS) is 12.6. The Bertz CT molecular complexity index is 314. The van der Waals surface area contributed by atoms with Gasteiger partial charge in [0.1, 0.15) is 0 Å². The molecule has 0 bridgehead atoms. The average molecular weight is 369 g/mol. The Morgan fingerprint density at radius 2 is 1.09 bits per heavy atom. The predicted molar refractivity (Wildman–Crippen MR) is 96.1 cm³/mol. The first-order valence-electron chi connectivity index (χ1n) is 9.12. The molecule has 0 amide bonds. The Labute approximate surface area is 142 Å². The van der Waals surface area contributed by atoms with E-state index in [2.05, 4.69) is 13.8 Å². The number of hydrogen-bond donors (Lipinski definition) is 1. The van der Waals surface area contributed by atoms with Crippen LogP contribution in [0.3, 0.4) is 0 Å². The summed E-state index contributed by atoms with van der Waals surface area (Å²) >= 11 is 0. The zero-order chi connectivity index (χ0) is 17.4. The van der Waals surface area contributed by atoms with Gasteiger partial charge >= 0.3 is 15.0 Å². The summed E-state index contributed by atoms with van der Waals surface area (Å²) in [4.78, 5) is 9.21. The van der Waals surface area contributed by atoms with E-state index < -0.39 is 15.0 Å². The van der Waals surface area contributed by atoms with E-state index in [9.17, 15) is 14.0 Å². The highest BCUT2D eigenvalue weighted by atomic mass is 32.1. The molecule has 1 atom stereocenters. The molecule has 0 saturated heterocycles. The molecule has 23 heavy (non-hydrogen) atoms. The molecule has 0 spiro atoms. The van der Waals surface area contributed by atoms with Crippen molar-refractivity contribution in [2.75, 3.05) is 13.2 Å². The highest BCUT2D eigenvalue weighted by molar-refractivity contribution is 8.20. The molecule has 0 aromatic carbocycles. The Kier molecular flexibility index (Phi) is 15.9. The molecular formula is C16H35O5P2+. The fourth-order valence-corrected chi connectivity index (χ4v) is 4.33. The van der Waals surface area contributed by atoms with E-state index in [0.29, 0.717) is 0 Å². The van der Waals surface area contributed by atoms with E-state index in [-0.39, 0.29) is 13.2 Å². The molecule has 0 aliphatic carbocycles. The number of rotatable bonds is 17. The van der Waals surface area contributed by atoms with Crippen molar-refractivity contribution < 1.29 is 23.1 Å². The first kappa shape index (κ1) is 23.2. The summed E-state index contributed by atoms with van der Waals surface area (Å²) in [5, 5.41) is 0. The minimum atomic E-state index is -3.85. The van der Waals surface area contributed by atoms with Gasteiger partial charge in [-0.25, -0.2) is 4.57 Å². The monoisotopic (exact) mass is 369 g/mol. The number of hydrogen-bond acceptors (Lipinski definition) is 4. The quantitative estimate of drug-likeness (QED) is 0.231. The van der Waals surface area contributed by atoms with Crippen LogP contribution >= 0.6 is 15.0 Å². The standard InChI is InChI=1S/C16H34O5P2/c1-3-5-7-9-11-13-15-20-23(19,22(17)18)21-16-14-12-10-8-6-4-2/h3-16H2,1-2H3/p+1. The third kappa shape index (κ3) is 13.2. The van der Waals surface area contributed by atoms with Crippen LogP contribution in [0.1, 0.15) is 90.9 Å². The highest BCUT2D eigenvalue weighted by Gasteiger charge is 2.48. The van der Waals surface area contributed by atoms with Crippen molar-refractivity contribution in [3.8, 4) is 0 Å². The highest BCUT2D eigenvalue weighted by Crippen LogP contribution is 2.68. The predicted octanol–water partition coefficient (Wildman–Crippen LogP) is 6.58. The lowest BCUT2D eigenvalue weighted by Gasteiger charge is -2.08. The summed E-state index contributed by atoms with van der Waals surface area (Å²) in [6.07, 6.45) is 12.9. The fourth-order valence-electron chi connectivity index (χ4n) is 2.26. The zero-order valence-electron chi connectivity index (χ0n) is 14.9. The molecule has 0 fully saturated rings. The molecule has 1 N–H and O–H groups in total. The lowest BCUT2D eigenvalue weighted by molar-refractivity contribution is 0.208. The maximum atomic E-state index is 12.2. The second kappa shape index (κ2) is 15.7. The molecule has 0 aromatic heterocycles. The van der Waals surface area contributed by atoms with E-state index in [4.69, 9.17) is 9.05 Å². The van der Waals surface area contributed by atoms with Crippen molar-refractivity contribution in [3.63, 3.8) is 0 Å². The lowest BCUT2D eigenvalue weighted by atomic mass is 10.1. The van der Waals surface area contributed by atoms with Crippen LogP contribution in [0.5, 0.6) is 0 Å². The first-order valence-corrected chi connectivity index (χ1v) is 12.6. The average Bonchev–Trinajstić information content (AvgIpc) is 2.53. The lowest BCUT2D eigenvalue weighted by Crippen LogP contribution is -1.97. The largest absolute Gasteiger partial charge is 0.620 e. The molecule has 138 valence electrons. The van der Waals surface area contributed by atoms with Gasteiger partial charge in [-0.1, -0.05) is 78.1 Å². The van der Waals surface area contributed by atoms with Gasteiger partial charge in [-0.15, -0.1) is 0 Å². The molecule has 5 nitrogen and oxygen atoms in total. The van der Waals surface area contributed by atoms with Crippen LogP contribution in [0.25, 0.3) is 0 Å². The van der Waals surface area contributed by atoms with Crippen LogP contribution in [0.2, 0.25) is 0 Å². The van der Waals surface area contributed by atoms with Crippen LogP contribution in [0.4, 0.5) is 0 Å². The minimum Gasteiger partial charge on any atom is -0.269 e. The SMILES string of the molecule is CCCCCCCCOP(=O)(OCCCCCCCC)[P+](=O)O. The van der Waals surface area contributed by atoms with E-state index in [1.807, 2.05) is 0 Å². The molecule has 0 radical (unpaired) electrons. The van der Waals surface area contributed by atoms with E-state index >= 15 is 0 Å². The maximum Gasteiger partial charge on any atom is 0.620 e. The first-order chi connectivity index (χ1) is 11.1. The molecule has 0 heterocycles. The van der Waals surface area contributed by atoms with Crippen LogP contribution in [0.15, 0.2) is 0 Å². The minimum absolute atomic E-state index is 0.224. The molecule has 7 heteroatoms. The van der Waals surface area contributed by atoms with E-state index in [0.717, 1.165) is 38.5 Å². The fraction of sp³-hybridized carbons (Fsp3) is 1.00. The Morgan fingerprint density at radius 3 is 1.43 bits per heavy atom. The van der Waals surface area contributed by atoms with Gasteiger partial charge in [0.05, 0.1) is 13.2 Å². The number of unbranched alkanes of at least 4 members (excludes halogenated alkanes) is 10. The van der Waals surface area contributed by atoms with Crippen LogP contribution in [-0.4, -0.2) is 18.1 Å².